The van der Waals surface area contributed by atoms with Crippen molar-refractivity contribution in [2.24, 2.45) is 5.92 Å². The van der Waals surface area contributed by atoms with Gasteiger partial charge in [0, 0.05) is 19.1 Å². The van der Waals surface area contributed by atoms with Gasteiger partial charge in [0.1, 0.15) is 18.9 Å². The van der Waals surface area contributed by atoms with Crippen LogP contribution in [0.15, 0.2) is 6.20 Å². The molecule has 0 radical (unpaired) electrons. The van der Waals surface area contributed by atoms with E-state index in [-0.39, 0.29) is 6.61 Å². The molecule has 0 spiro atoms. The summed E-state index contributed by atoms with van der Waals surface area (Å²) >= 11 is 1.10. The fourth-order valence-electron chi connectivity index (χ4n) is 2.40. The molecular formula is C12H22N4O2S. The maximum absolute atomic E-state index is 9.87. The first kappa shape index (κ1) is 14.6. The van der Waals surface area contributed by atoms with Gasteiger partial charge >= 0.3 is 0 Å². The number of nitrogens with one attached hydrogen (secondary N) is 1. The monoisotopic (exact) mass is 286 g/mol. The predicted molar refractivity (Wildman–Crippen MR) is 74.5 cm³/mol. The number of hydrogen-bond acceptors (Lipinski definition) is 7. The summed E-state index contributed by atoms with van der Waals surface area (Å²) in [7, 11) is 2.15. The number of ether oxygens (including phenoxy) is 1. The molecule has 0 bridgehead atoms. The smallest absolute Gasteiger partial charge is 0.245 e. The topological polar surface area (TPSA) is 70.5 Å². The molecule has 1 aromatic heterocycles. The van der Waals surface area contributed by atoms with Crippen molar-refractivity contribution in [3.05, 3.63) is 6.20 Å². The Kier molecular flexibility index (Phi) is 5.50. The van der Waals surface area contributed by atoms with Crippen LogP contribution in [0.2, 0.25) is 0 Å². The zero-order valence-corrected chi connectivity index (χ0v) is 12.3. The second-order valence-corrected chi connectivity index (χ2v) is 5.81. The summed E-state index contributed by atoms with van der Waals surface area (Å²) in [6.45, 7) is 5.26. The molecule has 7 heteroatoms. The quantitative estimate of drug-likeness (QED) is 0.779. The fraction of sp³-hybridized carbons (Fsp3) is 0.833. The van der Waals surface area contributed by atoms with E-state index in [0.717, 1.165) is 31.2 Å². The highest BCUT2D eigenvalue weighted by atomic mass is 32.1. The number of piperidine rings is 1. The molecule has 0 saturated carbocycles. The van der Waals surface area contributed by atoms with E-state index in [1.54, 1.807) is 6.20 Å². The second kappa shape index (κ2) is 7.14. The standard InChI is InChI=1S/C12H22N4O2S/c1-9-7-16(2)4-3-11(9)13-5-10(17)8-18-12-6-14-19-15-12/h6,9-11,13,17H,3-5,7-8H2,1-2H3. The van der Waals surface area contributed by atoms with Crippen LogP contribution in [0.1, 0.15) is 13.3 Å². The van der Waals surface area contributed by atoms with Gasteiger partial charge in [-0.25, -0.2) is 0 Å². The number of hydrogen-bond donors (Lipinski definition) is 2. The summed E-state index contributed by atoms with van der Waals surface area (Å²) in [6, 6.07) is 0.479. The van der Waals surface area contributed by atoms with E-state index in [1.807, 2.05) is 0 Å². The highest BCUT2D eigenvalue weighted by Crippen LogP contribution is 2.15. The Morgan fingerprint density at radius 1 is 1.68 bits per heavy atom. The Balaban J connectivity index is 1.64. The Morgan fingerprint density at radius 3 is 3.21 bits per heavy atom. The van der Waals surface area contributed by atoms with Crippen molar-refractivity contribution in [2.45, 2.75) is 25.5 Å². The Labute approximate surface area is 118 Å². The van der Waals surface area contributed by atoms with Gasteiger partial charge in [0.25, 0.3) is 0 Å². The normalized spacial score (nSPS) is 26.3. The summed E-state index contributed by atoms with van der Waals surface area (Å²) in [5.74, 6) is 1.09. The molecule has 1 aliphatic heterocycles. The van der Waals surface area contributed by atoms with Crippen LogP contribution in [-0.2, 0) is 0 Å². The molecule has 0 amide bonds. The maximum atomic E-state index is 9.87. The van der Waals surface area contributed by atoms with Gasteiger partial charge in [-0.05, 0) is 25.9 Å². The van der Waals surface area contributed by atoms with Crippen molar-refractivity contribution >= 4 is 11.7 Å². The maximum Gasteiger partial charge on any atom is 0.245 e. The minimum Gasteiger partial charge on any atom is -0.473 e. The van der Waals surface area contributed by atoms with Gasteiger partial charge in [0.15, 0.2) is 0 Å². The van der Waals surface area contributed by atoms with E-state index in [0.29, 0.717) is 24.4 Å². The van der Waals surface area contributed by atoms with Crippen LogP contribution in [0.5, 0.6) is 5.88 Å². The lowest BCUT2D eigenvalue weighted by Gasteiger charge is -2.35. The van der Waals surface area contributed by atoms with Crippen LogP contribution in [0.4, 0.5) is 0 Å². The highest BCUT2D eigenvalue weighted by Gasteiger charge is 2.24. The van der Waals surface area contributed by atoms with Crippen molar-refractivity contribution in [1.82, 2.24) is 19.0 Å². The first-order chi connectivity index (χ1) is 9.15. The van der Waals surface area contributed by atoms with Crippen molar-refractivity contribution in [1.29, 1.82) is 0 Å². The number of aliphatic hydroxyl groups is 1. The molecule has 6 nitrogen and oxygen atoms in total. The predicted octanol–water partition coefficient (Wildman–Crippen LogP) is 0.208. The van der Waals surface area contributed by atoms with Crippen LogP contribution < -0.4 is 10.1 Å². The molecule has 3 unspecified atom stereocenters. The largest absolute Gasteiger partial charge is 0.473 e. The average molecular weight is 286 g/mol. The van der Waals surface area contributed by atoms with Crippen LogP contribution in [0, 0.1) is 5.92 Å². The molecule has 2 rings (SSSR count). The van der Waals surface area contributed by atoms with Crippen LogP contribution in [0.3, 0.4) is 0 Å². The molecule has 1 aliphatic rings. The van der Waals surface area contributed by atoms with Gasteiger partial charge in [-0.3, -0.25) is 0 Å². The number of rotatable bonds is 6. The molecule has 2 heterocycles. The highest BCUT2D eigenvalue weighted by molar-refractivity contribution is 6.99. The van der Waals surface area contributed by atoms with E-state index in [9.17, 15) is 5.11 Å². The molecule has 19 heavy (non-hydrogen) atoms. The summed E-state index contributed by atoms with van der Waals surface area (Å²) in [6.07, 6.45) is 2.17. The summed E-state index contributed by atoms with van der Waals surface area (Å²) in [5, 5.41) is 13.3. The molecule has 2 N–H and O–H groups in total. The summed E-state index contributed by atoms with van der Waals surface area (Å²) in [5.41, 5.74) is 0. The molecule has 0 aliphatic carbocycles. The van der Waals surface area contributed by atoms with Gasteiger partial charge in [0.2, 0.25) is 5.88 Å². The van der Waals surface area contributed by atoms with E-state index in [1.165, 1.54) is 0 Å². The zero-order valence-electron chi connectivity index (χ0n) is 11.5. The average Bonchev–Trinajstić information content (AvgIpc) is 2.88. The van der Waals surface area contributed by atoms with Crippen LogP contribution in [0.25, 0.3) is 0 Å². The van der Waals surface area contributed by atoms with Crippen LogP contribution >= 0.6 is 11.7 Å². The fourth-order valence-corrected chi connectivity index (χ4v) is 2.77. The van der Waals surface area contributed by atoms with E-state index in [4.69, 9.17) is 4.74 Å². The van der Waals surface area contributed by atoms with Gasteiger partial charge in [-0.2, -0.15) is 4.37 Å². The molecule has 1 saturated heterocycles. The number of likely N-dealkylation sites (tertiary alicyclic amines) is 1. The third-order valence-electron chi connectivity index (χ3n) is 3.49. The lowest BCUT2D eigenvalue weighted by molar-refractivity contribution is 0.0917. The SMILES string of the molecule is CC1CN(C)CCC1NCC(O)COc1cnsn1. The number of nitrogens with zero attached hydrogens (tertiary/aromatic N) is 3. The third kappa shape index (κ3) is 4.68. The first-order valence-corrected chi connectivity index (χ1v) is 7.38. The summed E-state index contributed by atoms with van der Waals surface area (Å²) in [4.78, 5) is 2.34. The van der Waals surface area contributed by atoms with E-state index in [2.05, 4.69) is 32.9 Å². The Hall–Kier alpha value is -0.760. The zero-order chi connectivity index (χ0) is 13.7. The lowest BCUT2D eigenvalue weighted by Crippen LogP contribution is -2.49. The van der Waals surface area contributed by atoms with Crippen molar-refractivity contribution in [3.8, 4) is 5.88 Å². The third-order valence-corrected chi connectivity index (χ3v) is 3.95. The molecule has 108 valence electrons. The van der Waals surface area contributed by atoms with Crippen LogP contribution in [-0.4, -0.2) is 64.2 Å². The molecule has 1 fully saturated rings. The Bertz CT molecular complexity index is 363. The summed E-state index contributed by atoms with van der Waals surface area (Å²) < 4.78 is 13.1. The number of aromatic nitrogens is 2. The number of aliphatic hydroxyl groups excluding tert-OH is 1. The van der Waals surface area contributed by atoms with Crippen molar-refractivity contribution in [2.75, 3.05) is 33.3 Å². The van der Waals surface area contributed by atoms with Gasteiger partial charge in [0.05, 0.1) is 11.7 Å². The van der Waals surface area contributed by atoms with E-state index < -0.39 is 6.10 Å². The lowest BCUT2D eigenvalue weighted by atomic mass is 9.94. The molecular weight excluding hydrogens is 264 g/mol. The van der Waals surface area contributed by atoms with Gasteiger partial charge < -0.3 is 20.1 Å². The minimum atomic E-state index is -0.520. The van der Waals surface area contributed by atoms with Gasteiger partial charge in [-0.15, -0.1) is 4.37 Å². The van der Waals surface area contributed by atoms with E-state index >= 15 is 0 Å². The van der Waals surface area contributed by atoms with Gasteiger partial charge in [-0.1, -0.05) is 6.92 Å². The van der Waals surface area contributed by atoms with Crippen molar-refractivity contribution < 1.29 is 9.84 Å². The minimum absolute atomic E-state index is 0.249. The second-order valence-electron chi connectivity index (χ2n) is 5.25. The molecule has 0 aromatic carbocycles. The molecule has 3 atom stereocenters. The Morgan fingerprint density at radius 2 is 2.53 bits per heavy atom. The first-order valence-electron chi connectivity index (χ1n) is 6.65. The van der Waals surface area contributed by atoms with Crippen molar-refractivity contribution in [3.63, 3.8) is 0 Å². The molecule has 1 aromatic rings.